The summed E-state index contributed by atoms with van der Waals surface area (Å²) in [5.41, 5.74) is 0.979. The first-order valence-corrected chi connectivity index (χ1v) is 5.36. The molecule has 0 aliphatic rings. The smallest absolute Gasteiger partial charge is 0.0724 e. The van der Waals surface area contributed by atoms with Gasteiger partial charge in [0, 0.05) is 17.1 Å². The Morgan fingerprint density at radius 2 is 2.50 bits per heavy atom. The minimum Gasteiger partial charge on any atom is -0.308 e. The lowest BCUT2D eigenvalue weighted by Crippen LogP contribution is -2.21. The van der Waals surface area contributed by atoms with E-state index in [2.05, 4.69) is 39.1 Å². The highest BCUT2D eigenvalue weighted by Gasteiger charge is 2.12. The number of terminal acetylenes is 1. The van der Waals surface area contributed by atoms with Gasteiger partial charge in [0.05, 0.1) is 11.7 Å². The maximum Gasteiger partial charge on any atom is 0.0724 e. The summed E-state index contributed by atoms with van der Waals surface area (Å²) in [5, 5.41) is 3.31. The molecular formula is C11H13BrN2. The van der Waals surface area contributed by atoms with Gasteiger partial charge in [0.1, 0.15) is 0 Å². The number of pyridine rings is 1. The molecule has 0 saturated carbocycles. The Morgan fingerprint density at radius 1 is 1.71 bits per heavy atom. The van der Waals surface area contributed by atoms with Crippen LogP contribution in [0.25, 0.3) is 0 Å². The summed E-state index contributed by atoms with van der Waals surface area (Å²) < 4.78 is 1.00. The molecule has 0 aliphatic heterocycles. The predicted molar refractivity (Wildman–Crippen MR) is 61.8 cm³/mol. The van der Waals surface area contributed by atoms with Gasteiger partial charge in [0.15, 0.2) is 0 Å². The number of aromatic nitrogens is 1. The minimum absolute atomic E-state index is 0.139. The molecule has 1 N–H and O–H groups in total. The van der Waals surface area contributed by atoms with E-state index in [0.29, 0.717) is 6.42 Å². The lowest BCUT2D eigenvalue weighted by atomic mass is 10.1. The zero-order valence-electron chi connectivity index (χ0n) is 8.13. The Hall–Kier alpha value is -0.850. The fraction of sp³-hybridized carbons (Fsp3) is 0.364. The molecule has 1 heterocycles. The summed E-state index contributed by atoms with van der Waals surface area (Å²) in [7, 11) is 0. The van der Waals surface area contributed by atoms with Crippen molar-refractivity contribution in [3.63, 3.8) is 0 Å². The van der Waals surface area contributed by atoms with Crippen LogP contribution in [0.4, 0.5) is 0 Å². The van der Waals surface area contributed by atoms with E-state index < -0.39 is 0 Å². The largest absolute Gasteiger partial charge is 0.308 e. The second-order valence-electron chi connectivity index (χ2n) is 2.89. The van der Waals surface area contributed by atoms with Gasteiger partial charge in [0.2, 0.25) is 0 Å². The Balaban J connectivity index is 2.88. The van der Waals surface area contributed by atoms with Gasteiger partial charge in [-0.2, -0.15) is 0 Å². The van der Waals surface area contributed by atoms with Crippen LogP contribution in [0.15, 0.2) is 22.8 Å². The van der Waals surface area contributed by atoms with Crippen LogP contribution in [0.5, 0.6) is 0 Å². The summed E-state index contributed by atoms with van der Waals surface area (Å²) in [6.07, 6.45) is 7.75. The van der Waals surface area contributed by atoms with Gasteiger partial charge in [-0.25, -0.2) is 0 Å². The predicted octanol–water partition coefficient (Wildman–Crippen LogP) is 2.52. The first-order chi connectivity index (χ1) is 6.79. The van der Waals surface area contributed by atoms with Gasteiger partial charge < -0.3 is 5.32 Å². The Labute approximate surface area is 93.3 Å². The van der Waals surface area contributed by atoms with Crippen molar-refractivity contribution in [1.82, 2.24) is 10.3 Å². The van der Waals surface area contributed by atoms with Crippen LogP contribution in [0.1, 0.15) is 25.1 Å². The third-order valence-electron chi connectivity index (χ3n) is 1.89. The van der Waals surface area contributed by atoms with Gasteiger partial charge in [-0.3, -0.25) is 4.98 Å². The van der Waals surface area contributed by atoms with Crippen molar-refractivity contribution in [1.29, 1.82) is 0 Å². The van der Waals surface area contributed by atoms with Crippen molar-refractivity contribution in [3.8, 4) is 12.3 Å². The second kappa shape index (κ2) is 5.79. The molecule has 14 heavy (non-hydrogen) atoms. The van der Waals surface area contributed by atoms with Gasteiger partial charge in [-0.15, -0.1) is 12.3 Å². The standard InChI is InChI=1S/C11H13BrN2/c1-3-6-10(13-4-2)11-9(12)7-5-8-14-11/h1,5,7-8,10,13H,4,6H2,2H3. The Bertz CT molecular complexity index is 330. The van der Waals surface area contributed by atoms with Crippen LogP contribution in [0.3, 0.4) is 0 Å². The summed E-state index contributed by atoms with van der Waals surface area (Å²) in [5.74, 6) is 2.65. The molecule has 2 nitrogen and oxygen atoms in total. The minimum atomic E-state index is 0.139. The van der Waals surface area contributed by atoms with E-state index in [9.17, 15) is 0 Å². The lowest BCUT2D eigenvalue weighted by Gasteiger charge is -2.15. The van der Waals surface area contributed by atoms with Crippen molar-refractivity contribution in [2.24, 2.45) is 0 Å². The van der Waals surface area contributed by atoms with E-state index in [1.807, 2.05) is 12.1 Å². The van der Waals surface area contributed by atoms with Gasteiger partial charge >= 0.3 is 0 Å². The van der Waals surface area contributed by atoms with E-state index in [-0.39, 0.29) is 6.04 Å². The fourth-order valence-corrected chi connectivity index (χ4v) is 1.82. The molecule has 0 bridgehead atoms. The molecule has 1 aromatic heterocycles. The summed E-state index contributed by atoms with van der Waals surface area (Å²) >= 11 is 3.47. The average molecular weight is 253 g/mol. The van der Waals surface area contributed by atoms with Crippen molar-refractivity contribution in [2.45, 2.75) is 19.4 Å². The van der Waals surface area contributed by atoms with Gasteiger partial charge in [0.25, 0.3) is 0 Å². The molecule has 0 saturated heterocycles. The van der Waals surface area contributed by atoms with E-state index in [1.165, 1.54) is 0 Å². The van der Waals surface area contributed by atoms with Crippen molar-refractivity contribution in [2.75, 3.05) is 6.54 Å². The summed E-state index contributed by atoms with van der Waals surface area (Å²) in [4.78, 5) is 4.31. The van der Waals surface area contributed by atoms with Crippen LogP contribution in [0.2, 0.25) is 0 Å². The van der Waals surface area contributed by atoms with E-state index in [4.69, 9.17) is 6.42 Å². The zero-order valence-corrected chi connectivity index (χ0v) is 9.71. The molecule has 0 spiro atoms. The van der Waals surface area contributed by atoms with Crippen LogP contribution in [0, 0.1) is 12.3 Å². The molecule has 0 aromatic carbocycles. The lowest BCUT2D eigenvalue weighted by molar-refractivity contribution is 0.549. The molecule has 74 valence electrons. The zero-order chi connectivity index (χ0) is 10.4. The third kappa shape index (κ3) is 2.83. The molecule has 0 fully saturated rings. The van der Waals surface area contributed by atoms with Crippen LogP contribution in [-0.4, -0.2) is 11.5 Å². The molecule has 1 atom stereocenters. The number of nitrogens with one attached hydrogen (secondary N) is 1. The highest BCUT2D eigenvalue weighted by Crippen LogP contribution is 2.22. The van der Waals surface area contributed by atoms with Crippen LogP contribution >= 0.6 is 15.9 Å². The van der Waals surface area contributed by atoms with E-state index in [1.54, 1.807) is 6.20 Å². The van der Waals surface area contributed by atoms with E-state index in [0.717, 1.165) is 16.7 Å². The maximum atomic E-state index is 5.31. The summed E-state index contributed by atoms with van der Waals surface area (Å²) in [6, 6.07) is 4.01. The third-order valence-corrected chi connectivity index (χ3v) is 2.56. The van der Waals surface area contributed by atoms with Crippen LogP contribution < -0.4 is 5.32 Å². The highest BCUT2D eigenvalue weighted by molar-refractivity contribution is 9.10. The molecule has 1 unspecified atom stereocenters. The average Bonchev–Trinajstić information content (AvgIpc) is 2.18. The number of rotatable bonds is 4. The highest BCUT2D eigenvalue weighted by atomic mass is 79.9. The molecule has 0 amide bonds. The van der Waals surface area contributed by atoms with Gasteiger partial charge in [-0.1, -0.05) is 6.92 Å². The van der Waals surface area contributed by atoms with Crippen LogP contribution in [-0.2, 0) is 0 Å². The van der Waals surface area contributed by atoms with E-state index >= 15 is 0 Å². The Kier molecular flexibility index (Phi) is 4.64. The maximum absolute atomic E-state index is 5.31. The Morgan fingerprint density at radius 3 is 3.07 bits per heavy atom. The SMILES string of the molecule is C#CCC(NCC)c1ncccc1Br. The molecule has 3 heteroatoms. The quantitative estimate of drug-likeness (QED) is 0.834. The summed E-state index contributed by atoms with van der Waals surface area (Å²) in [6.45, 7) is 2.94. The number of hydrogen-bond donors (Lipinski definition) is 1. The number of halogens is 1. The van der Waals surface area contributed by atoms with Crippen molar-refractivity contribution < 1.29 is 0 Å². The normalized spacial score (nSPS) is 12.1. The first-order valence-electron chi connectivity index (χ1n) is 4.56. The molecule has 1 aromatic rings. The van der Waals surface area contributed by atoms with Gasteiger partial charge in [-0.05, 0) is 34.6 Å². The first kappa shape index (κ1) is 11.2. The second-order valence-corrected chi connectivity index (χ2v) is 3.74. The number of hydrogen-bond acceptors (Lipinski definition) is 2. The molecule has 0 aliphatic carbocycles. The van der Waals surface area contributed by atoms with Crippen molar-refractivity contribution >= 4 is 15.9 Å². The topological polar surface area (TPSA) is 24.9 Å². The monoisotopic (exact) mass is 252 g/mol. The molecule has 1 rings (SSSR count). The van der Waals surface area contributed by atoms with Crippen molar-refractivity contribution in [3.05, 3.63) is 28.5 Å². The molecule has 0 radical (unpaired) electrons. The molecular weight excluding hydrogens is 240 g/mol. The fourth-order valence-electron chi connectivity index (χ4n) is 1.28. The number of nitrogens with zero attached hydrogens (tertiary/aromatic N) is 1.